The van der Waals surface area contributed by atoms with Crippen molar-refractivity contribution in [1.29, 1.82) is 0 Å². The molecule has 0 aromatic carbocycles. The van der Waals surface area contributed by atoms with E-state index in [1.165, 1.54) is 139 Å². The van der Waals surface area contributed by atoms with Crippen LogP contribution in [0.1, 0.15) is 136 Å². The molecule has 0 aromatic rings. The molecule has 0 saturated heterocycles. The Morgan fingerprint density at radius 2 is 0.615 bits per heavy atom. The summed E-state index contributed by atoms with van der Waals surface area (Å²) in [5, 5.41) is 0. The summed E-state index contributed by atoms with van der Waals surface area (Å²) in [7, 11) is 0. The maximum Gasteiger partial charge on any atom is 0.227 e. The van der Waals surface area contributed by atoms with Crippen molar-refractivity contribution in [2.75, 3.05) is 19.6 Å². The molecule has 0 spiro atoms. The maximum atomic E-state index is 4.17. The molecule has 0 atom stereocenters. The number of halogens is 1. The minimum atomic E-state index is 1.17. The van der Waals surface area contributed by atoms with Gasteiger partial charge in [0, 0.05) is 0 Å². The van der Waals surface area contributed by atoms with Gasteiger partial charge in [0.1, 0.15) is 0 Å². The quantitative estimate of drug-likeness (QED) is 0.125. The monoisotopic (exact) mass is 432 g/mol. The molecule has 1 nitrogen and oxygen atoms in total. The molecular weight excluding hydrogens is 382 g/mol. The van der Waals surface area contributed by atoms with Crippen LogP contribution >= 0.6 is 16.1 Å². The van der Waals surface area contributed by atoms with Crippen LogP contribution < -0.4 is 0 Å². The largest absolute Gasteiger partial charge is 0.256 e. The maximum absolute atomic E-state index is 4.17. The van der Waals surface area contributed by atoms with Crippen molar-refractivity contribution in [1.82, 2.24) is 0 Å². The molecule has 0 unspecified atom stereocenters. The average molecular weight is 434 g/mol. The summed E-state index contributed by atoms with van der Waals surface area (Å²) in [4.78, 5) is 0. The van der Waals surface area contributed by atoms with Crippen LogP contribution in [-0.2, 0) is 0 Å². The van der Waals surface area contributed by atoms with Crippen LogP contribution in [0.4, 0.5) is 0 Å². The third-order valence-electron chi connectivity index (χ3n) is 5.74. The SMILES string of the molecule is CCCCCCCC[N+](Br)(CCCCCCCC)CCCCCCCC. The molecule has 0 aliphatic rings. The van der Waals surface area contributed by atoms with Gasteiger partial charge in [-0.1, -0.05) is 97.8 Å². The van der Waals surface area contributed by atoms with Crippen molar-refractivity contribution in [3.8, 4) is 0 Å². The fraction of sp³-hybridized carbons (Fsp3) is 1.00. The van der Waals surface area contributed by atoms with E-state index in [-0.39, 0.29) is 0 Å². The summed E-state index contributed by atoms with van der Waals surface area (Å²) in [6.07, 6.45) is 25.5. The lowest BCUT2D eigenvalue weighted by Gasteiger charge is -2.31. The molecule has 0 fully saturated rings. The summed E-state index contributed by atoms with van der Waals surface area (Å²) in [6, 6.07) is 0. The lowest BCUT2D eigenvalue weighted by molar-refractivity contribution is -0.781. The average Bonchev–Trinajstić information content (AvgIpc) is 2.64. The molecule has 0 amide bonds. The minimum Gasteiger partial charge on any atom is -0.256 e. The Kier molecular flexibility index (Phi) is 20.5. The first-order valence-corrected chi connectivity index (χ1v) is 12.9. The second-order valence-electron chi connectivity index (χ2n) is 8.50. The Morgan fingerprint density at radius 3 is 0.885 bits per heavy atom. The van der Waals surface area contributed by atoms with Gasteiger partial charge in [-0.05, 0) is 38.5 Å². The van der Waals surface area contributed by atoms with Crippen molar-refractivity contribution < 1.29 is 3.51 Å². The number of hydrogen-bond acceptors (Lipinski definition) is 0. The molecule has 0 aromatic heterocycles. The Balaban J connectivity index is 4.02. The molecule has 0 rings (SSSR count). The topological polar surface area (TPSA) is 0 Å². The Morgan fingerprint density at radius 1 is 0.385 bits per heavy atom. The first-order chi connectivity index (χ1) is 12.7. The van der Waals surface area contributed by atoms with Gasteiger partial charge in [0.15, 0.2) is 0 Å². The van der Waals surface area contributed by atoms with Crippen LogP contribution in [-0.4, -0.2) is 23.1 Å². The van der Waals surface area contributed by atoms with E-state index in [1.807, 2.05) is 0 Å². The van der Waals surface area contributed by atoms with Crippen LogP contribution in [0.15, 0.2) is 0 Å². The van der Waals surface area contributed by atoms with Crippen LogP contribution in [0.25, 0.3) is 0 Å². The Labute approximate surface area is 175 Å². The molecule has 0 aliphatic carbocycles. The van der Waals surface area contributed by atoms with E-state index >= 15 is 0 Å². The van der Waals surface area contributed by atoms with E-state index < -0.39 is 0 Å². The smallest absolute Gasteiger partial charge is 0.227 e. The van der Waals surface area contributed by atoms with Gasteiger partial charge >= 0.3 is 0 Å². The van der Waals surface area contributed by atoms with E-state index in [0.29, 0.717) is 0 Å². The van der Waals surface area contributed by atoms with Gasteiger partial charge in [0.2, 0.25) is 16.1 Å². The molecule has 0 saturated carbocycles. The molecule has 26 heavy (non-hydrogen) atoms. The van der Waals surface area contributed by atoms with E-state index in [4.69, 9.17) is 0 Å². The van der Waals surface area contributed by atoms with Crippen LogP contribution in [0.3, 0.4) is 0 Å². The third kappa shape index (κ3) is 17.8. The van der Waals surface area contributed by atoms with Gasteiger partial charge in [-0.2, -0.15) is 0 Å². The van der Waals surface area contributed by atoms with Crippen molar-refractivity contribution in [2.24, 2.45) is 0 Å². The fourth-order valence-corrected chi connectivity index (χ4v) is 4.61. The highest BCUT2D eigenvalue weighted by Gasteiger charge is 2.23. The summed E-state index contributed by atoms with van der Waals surface area (Å²) >= 11 is 4.17. The lowest BCUT2D eigenvalue weighted by Crippen LogP contribution is -2.40. The predicted molar refractivity (Wildman–Crippen MR) is 124 cm³/mol. The van der Waals surface area contributed by atoms with Crippen LogP contribution in [0.5, 0.6) is 0 Å². The lowest BCUT2D eigenvalue weighted by atomic mass is 10.1. The van der Waals surface area contributed by atoms with E-state index in [2.05, 4.69) is 36.9 Å². The summed E-state index contributed by atoms with van der Waals surface area (Å²) in [6.45, 7) is 11.0. The molecule has 0 heterocycles. The second kappa shape index (κ2) is 20.2. The normalized spacial score (nSPS) is 12.0. The molecule has 0 bridgehead atoms. The highest BCUT2D eigenvalue weighted by atomic mass is 79.9. The number of rotatable bonds is 21. The number of nitrogens with zero attached hydrogens (tertiary/aromatic N) is 1. The van der Waals surface area contributed by atoms with Gasteiger partial charge < -0.3 is 0 Å². The molecular formula is C24H51BrN+. The van der Waals surface area contributed by atoms with Crippen molar-refractivity contribution >= 4 is 16.1 Å². The van der Waals surface area contributed by atoms with Gasteiger partial charge in [-0.25, -0.2) is 0 Å². The first kappa shape index (κ1) is 26.4. The zero-order chi connectivity index (χ0) is 19.3. The Hall–Kier alpha value is 0.440. The minimum absolute atomic E-state index is 1.17. The summed E-state index contributed by atoms with van der Waals surface area (Å²) < 4.78 is 1.17. The number of quaternary nitrogens is 1. The zero-order valence-corrected chi connectivity index (χ0v) is 20.3. The van der Waals surface area contributed by atoms with Crippen molar-refractivity contribution in [3.05, 3.63) is 0 Å². The highest BCUT2D eigenvalue weighted by Crippen LogP contribution is 2.22. The molecule has 0 N–H and O–H groups in total. The zero-order valence-electron chi connectivity index (χ0n) is 18.7. The van der Waals surface area contributed by atoms with Crippen molar-refractivity contribution in [3.63, 3.8) is 0 Å². The van der Waals surface area contributed by atoms with Gasteiger partial charge in [-0.3, -0.25) is 3.51 Å². The van der Waals surface area contributed by atoms with E-state index in [1.54, 1.807) is 0 Å². The van der Waals surface area contributed by atoms with Crippen LogP contribution in [0.2, 0.25) is 0 Å². The highest BCUT2D eigenvalue weighted by molar-refractivity contribution is 9.05. The van der Waals surface area contributed by atoms with Gasteiger partial charge in [0.25, 0.3) is 0 Å². The van der Waals surface area contributed by atoms with Crippen molar-refractivity contribution in [2.45, 2.75) is 136 Å². The standard InChI is InChI=1S/C24H51BrN/c1-4-7-10-13-16-19-22-26(25,23-20-17-14-11-8-5-2)24-21-18-15-12-9-6-3/h4-24H2,1-3H3/q+1. The summed E-state index contributed by atoms with van der Waals surface area (Å²) in [5.74, 6) is 0. The van der Waals surface area contributed by atoms with E-state index in [9.17, 15) is 0 Å². The molecule has 2 heteroatoms. The molecule has 0 aliphatic heterocycles. The predicted octanol–water partition coefficient (Wildman–Crippen LogP) is 9.19. The van der Waals surface area contributed by atoms with Crippen LogP contribution in [0, 0.1) is 0 Å². The van der Waals surface area contributed by atoms with Gasteiger partial charge in [0.05, 0.1) is 19.6 Å². The second-order valence-corrected chi connectivity index (χ2v) is 10.0. The van der Waals surface area contributed by atoms with E-state index in [0.717, 1.165) is 0 Å². The number of unbranched alkanes of at least 4 members (excludes halogenated alkanes) is 15. The number of hydrogen-bond donors (Lipinski definition) is 0. The third-order valence-corrected chi connectivity index (χ3v) is 6.80. The Bertz CT molecular complexity index is 226. The fourth-order valence-electron chi connectivity index (χ4n) is 3.86. The first-order valence-electron chi connectivity index (χ1n) is 12.2. The summed E-state index contributed by atoms with van der Waals surface area (Å²) in [5.41, 5.74) is 0. The molecule has 158 valence electrons. The van der Waals surface area contributed by atoms with Gasteiger partial charge in [-0.15, -0.1) is 0 Å². The molecule has 0 radical (unpaired) electrons.